The fraction of sp³-hybridized carbons (Fsp3) is 0.0435. The van der Waals surface area contributed by atoms with Crippen molar-refractivity contribution in [2.45, 2.75) is 45.3 Å². The van der Waals surface area contributed by atoms with Crippen molar-refractivity contribution in [3.05, 3.63) is 588 Å². The Kier molecular flexibility index (Phi) is 18.7. The van der Waals surface area contributed by atoms with E-state index in [0.29, 0.717) is 0 Å². The Balaban J connectivity index is 0.000000102. The molecule has 0 saturated carbocycles. The lowest BCUT2D eigenvalue weighted by atomic mass is 9.53. The van der Waals surface area contributed by atoms with Gasteiger partial charge in [-0.25, -0.2) is 0 Å². The molecule has 9 heteroatoms. The van der Waals surface area contributed by atoms with E-state index in [-0.39, 0.29) is 5.41 Å². The van der Waals surface area contributed by atoms with Crippen molar-refractivity contribution in [3.8, 4) is 73.1 Å². The van der Waals surface area contributed by atoms with Gasteiger partial charge >= 0.3 is 0 Å². The van der Waals surface area contributed by atoms with E-state index in [4.69, 9.17) is 14.7 Å². The van der Waals surface area contributed by atoms with Gasteiger partial charge < -0.3 is 23.0 Å². The van der Waals surface area contributed by atoms with E-state index < -0.39 is 23.4 Å². The zero-order valence-electron chi connectivity index (χ0n) is 80.4. The molecule has 0 amide bonds. The second-order valence-corrected chi connectivity index (χ2v) is 43.9. The smallest absolute Gasteiger partial charge is 0.171 e. The van der Waals surface area contributed by atoms with E-state index in [1.54, 1.807) is 0 Å². The first-order valence-electron chi connectivity index (χ1n) is 50.7. The molecule has 147 heavy (non-hydrogen) atoms. The minimum atomic E-state index is -3.20. The van der Waals surface area contributed by atoms with Crippen LogP contribution in [0.5, 0.6) is 11.5 Å². The van der Waals surface area contributed by atoms with Gasteiger partial charge in [0.2, 0.25) is 0 Å². The molecule has 7 nitrogen and oxygen atoms in total. The van der Waals surface area contributed by atoms with Crippen molar-refractivity contribution in [1.29, 1.82) is 0 Å². The number of aromatic nitrogens is 5. The van der Waals surface area contributed by atoms with Gasteiger partial charge in [0, 0.05) is 114 Å². The number of fused-ring (bicyclic) bond motifs is 35. The zero-order valence-corrected chi connectivity index (χ0v) is 82.1. The molecule has 5 aromatic heterocycles. The molecular weight excluding hydrogens is 1820 g/mol. The van der Waals surface area contributed by atoms with E-state index in [1.807, 2.05) is 97.0 Å². The molecule has 0 bridgehead atoms. The summed E-state index contributed by atoms with van der Waals surface area (Å²) in [7, 11) is -3.20. The summed E-state index contributed by atoms with van der Waals surface area (Å²) < 4.78 is 30.2. The van der Waals surface area contributed by atoms with Gasteiger partial charge in [-0.3, -0.25) is 9.97 Å². The predicted molar refractivity (Wildman–Crippen MR) is 606 cm³/mol. The molecule has 26 aromatic rings. The highest BCUT2D eigenvalue weighted by atomic mass is 32.2. The van der Waals surface area contributed by atoms with Crippen molar-refractivity contribution >= 4 is 122 Å². The summed E-state index contributed by atoms with van der Waals surface area (Å²) >= 11 is 1.91. The van der Waals surface area contributed by atoms with Crippen LogP contribution in [0.3, 0.4) is 0 Å². The third-order valence-corrected chi connectivity index (χ3v) is 37.0. The van der Waals surface area contributed by atoms with Crippen LogP contribution in [0.1, 0.15) is 91.7 Å². The maximum atomic E-state index is 15.7. The normalized spacial score (nSPS) is 16.1. The van der Waals surface area contributed by atoms with Gasteiger partial charge in [-0.2, -0.15) is 0 Å². The van der Waals surface area contributed by atoms with E-state index >= 15 is 4.57 Å². The summed E-state index contributed by atoms with van der Waals surface area (Å²) in [5.41, 5.74) is 38.3. The Bertz CT molecular complexity index is 9670. The molecule has 3 unspecified atom stereocenters. The Morgan fingerprint density at radius 2 is 0.599 bits per heavy atom. The highest BCUT2D eigenvalue weighted by Gasteiger charge is 2.56. The molecule has 0 saturated heterocycles. The number of hydrogen-bond acceptors (Lipinski definition) is 5. The van der Waals surface area contributed by atoms with Crippen molar-refractivity contribution in [1.82, 2.24) is 23.7 Å². The van der Waals surface area contributed by atoms with Crippen LogP contribution in [0.4, 0.5) is 0 Å². The number of hydrogen-bond donors (Lipinski definition) is 0. The lowest BCUT2D eigenvalue weighted by Crippen LogP contribution is -2.44. The summed E-state index contributed by atoms with van der Waals surface area (Å²) in [6.07, 6.45) is 3.75. The second kappa shape index (κ2) is 32.4. The Hall–Kier alpha value is -17.8. The SMILES string of the molecule is CC1(C)c2ccccc2C2(c3ccccc3-n3c4ccccc4c4cccc2c43)c2ccc(P(=O)(c3ccccc3)c3ccccc3)cc21.c1ccc2c(c1)Oc1c(-c3ccc(-c4cccc5cccnc45)cc3)cccc1C21c2ccccc2-n2c3ccccc3c3cccc1c32.c1ccc2c(c1)Sc1c(-c3ccc(-c4cccc5cccnc45)cc3)cccc1C21c2ccccc2-n2c3ccccc3c3cccc1c32. The van der Waals surface area contributed by atoms with Gasteiger partial charge in [-0.1, -0.05) is 456 Å². The summed E-state index contributed by atoms with van der Waals surface area (Å²) in [6, 6.07) is 180. The largest absolute Gasteiger partial charge is 0.456 e. The fourth-order valence-corrected chi connectivity index (χ4v) is 30.7. The standard InChI is InChI=1S/C46H28N2O.C46H28N2S.C46H34NOP/c2*1-4-21-40-34(13-1)35-16-9-19-38-44(35)48(40)41-22-5-2-17-36(41)46(38)37-18-3-6-23-42(37)49-45-33(15-8-20-39(45)46)30-26-24-29(25-27-30)32-14-7-11-31-12-10-28-47-43(31)32;1-45(2)36-22-10-11-23-37(36)46(38-29-28-33(30-41(38)45)49(48,31-16-5-3-6-17-31)32-18-7-4-8-19-32)39-24-12-14-27-43(39)47-42-26-13-9-20-34(42)35-21-15-25-40(46)44(35)47/h2*1-28H;3-30H,1-2H3. The summed E-state index contributed by atoms with van der Waals surface area (Å²) in [5.74, 6) is 1.79. The molecule has 6 aliphatic rings. The summed E-state index contributed by atoms with van der Waals surface area (Å²) in [5, 5.41) is 12.5. The predicted octanol–water partition coefficient (Wildman–Crippen LogP) is 33.1. The first-order valence-corrected chi connectivity index (χ1v) is 53.2. The van der Waals surface area contributed by atoms with Crippen molar-refractivity contribution < 1.29 is 9.30 Å². The quantitative estimate of drug-likeness (QED) is 0.149. The Morgan fingerprint density at radius 1 is 0.252 bits per heavy atom. The molecule has 690 valence electrons. The van der Waals surface area contributed by atoms with Gasteiger partial charge in [0.15, 0.2) is 7.14 Å². The maximum absolute atomic E-state index is 15.7. The fourth-order valence-electron chi connectivity index (χ4n) is 26.7. The summed E-state index contributed by atoms with van der Waals surface area (Å²) in [4.78, 5) is 12.1. The molecule has 5 aliphatic heterocycles. The molecule has 3 atom stereocenters. The molecule has 21 aromatic carbocycles. The van der Waals surface area contributed by atoms with Gasteiger partial charge in [-0.05, 0) is 161 Å². The van der Waals surface area contributed by atoms with Crippen LogP contribution >= 0.6 is 18.9 Å². The lowest BCUT2D eigenvalue weighted by molar-refractivity contribution is 0.435. The molecule has 0 radical (unpaired) electrons. The van der Waals surface area contributed by atoms with Crippen LogP contribution in [0.15, 0.2) is 520 Å². The highest BCUT2D eigenvalue weighted by Crippen LogP contribution is 2.67. The van der Waals surface area contributed by atoms with Crippen LogP contribution in [0, 0.1) is 0 Å². The Morgan fingerprint density at radius 3 is 1.11 bits per heavy atom. The Labute approximate surface area is 854 Å². The first kappa shape index (κ1) is 84.9. The number of benzene rings is 21. The van der Waals surface area contributed by atoms with Crippen LogP contribution < -0.4 is 20.7 Å². The highest BCUT2D eigenvalue weighted by molar-refractivity contribution is 7.99. The first-order chi connectivity index (χ1) is 72.6. The maximum Gasteiger partial charge on any atom is 0.171 e. The van der Waals surface area contributed by atoms with Crippen LogP contribution in [-0.2, 0) is 26.2 Å². The van der Waals surface area contributed by atoms with E-state index in [1.165, 1.54) is 176 Å². The minimum Gasteiger partial charge on any atom is -0.456 e. The number of pyridine rings is 2. The van der Waals surface area contributed by atoms with Gasteiger partial charge in [0.25, 0.3) is 0 Å². The van der Waals surface area contributed by atoms with Crippen molar-refractivity contribution in [3.63, 3.8) is 0 Å². The topological polar surface area (TPSA) is 66.9 Å². The average Bonchev–Trinajstić information content (AvgIpc) is 1.57. The molecule has 3 spiro atoms. The number of nitrogens with zero attached hydrogens (tertiary/aromatic N) is 5. The zero-order chi connectivity index (χ0) is 97.2. The van der Waals surface area contributed by atoms with Gasteiger partial charge in [0.05, 0.1) is 77.4 Å². The number of ether oxygens (including phenoxy) is 1. The monoisotopic (exact) mass is 1910 g/mol. The average molecular weight is 1910 g/mol. The molecule has 1 aliphatic carbocycles. The second-order valence-electron chi connectivity index (χ2n) is 40.1. The molecule has 32 rings (SSSR count). The van der Waals surface area contributed by atoms with Crippen LogP contribution in [-0.4, -0.2) is 23.7 Å². The number of para-hydroxylation sites is 13. The lowest BCUT2D eigenvalue weighted by Gasteiger charge is -2.50. The van der Waals surface area contributed by atoms with E-state index in [2.05, 4.69) is 452 Å². The van der Waals surface area contributed by atoms with Crippen LogP contribution in [0.2, 0.25) is 0 Å². The van der Waals surface area contributed by atoms with E-state index in [9.17, 15) is 0 Å². The van der Waals surface area contributed by atoms with Crippen LogP contribution in [0.25, 0.3) is 149 Å². The molecule has 0 N–H and O–H groups in total. The van der Waals surface area contributed by atoms with Crippen molar-refractivity contribution in [2.75, 3.05) is 0 Å². The summed E-state index contributed by atoms with van der Waals surface area (Å²) in [6.45, 7) is 4.67. The molecular formula is C138H90N5O2PS. The number of rotatable bonds is 7. The molecule has 0 fully saturated rings. The van der Waals surface area contributed by atoms with Gasteiger partial charge in [0.1, 0.15) is 11.5 Å². The third-order valence-electron chi connectivity index (χ3n) is 32.8. The molecule has 10 heterocycles. The van der Waals surface area contributed by atoms with Crippen molar-refractivity contribution in [2.24, 2.45) is 0 Å². The third kappa shape index (κ3) is 11.8. The van der Waals surface area contributed by atoms with Gasteiger partial charge in [-0.15, -0.1) is 0 Å². The minimum absolute atomic E-state index is 0.349. The van der Waals surface area contributed by atoms with E-state index in [0.717, 1.165) is 88.2 Å².